The number of anilines is 1. The van der Waals surface area contributed by atoms with Crippen molar-refractivity contribution in [3.05, 3.63) is 40.2 Å². The summed E-state index contributed by atoms with van der Waals surface area (Å²) in [5.41, 5.74) is 0.727. The second-order valence-electron chi connectivity index (χ2n) is 4.73. The fraction of sp³-hybridized carbons (Fsp3) is 0.294. The molecule has 0 fully saturated rings. The zero-order chi connectivity index (χ0) is 16.1. The topological polar surface area (TPSA) is 62.6 Å². The van der Waals surface area contributed by atoms with Crippen molar-refractivity contribution in [3.8, 4) is 12.3 Å². The van der Waals surface area contributed by atoms with E-state index in [2.05, 4.69) is 30.0 Å². The maximum atomic E-state index is 12.0. The number of hydrogen-bond acceptors (Lipinski definition) is 4. The summed E-state index contributed by atoms with van der Waals surface area (Å²) in [6.07, 6.45) is 5.08. The molecule has 22 heavy (non-hydrogen) atoms. The van der Waals surface area contributed by atoms with Gasteiger partial charge in [0.05, 0.1) is 6.54 Å². The second kappa shape index (κ2) is 6.81. The Morgan fingerprint density at radius 2 is 2.09 bits per heavy atom. The van der Waals surface area contributed by atoms with Gasteiger partial charge in [-0.1, -0.05) is 5.92 Å². The number of nitrogens with zero attached hydrogens (tertiary/aromatic N) is 1. The zero-order valence-electron chi connectivity index (χ0n) is 12.7. The lowest BCUT2D eigenvalue weighted by atomic mass is 10.1. The molecule has 1 heterocycles. The van der Waals surface area contributed by atoms with Crippen LogP contribution in [0.3, 0.4) is 0 Å². The van der Waals surface area contributed by atoms with Gasteiger partial charge in [0.25, 0.3) is 5.91 Å². The summed E-state index contributed by atoms with van der Waals surface area (Å²) in [6.45, 7) is 5.90. The molecule has 0 spiro atoms. The molecule has 0 radical (unpaired) electrons. The van der Waals surface area contributed by atoms with Gasteiger partial charge < -0.3 is 14.6 Å². The highest BCUT2D eigenvalue weighted by Crippen LogP contribution is 2.21. The van der Waals surface area contributed by atoms with E-state index in [9.17, 15) is 9.59 Å². The third-order valence-corrected chi connectivity index (χ3v) is 3.44. The number of carbonyl (C=O) groups excluding carboxylic acids is 1. The van der Waals surface area contributed by atoms with Crippen LogP contribution in [-0.4, -0.2) is 25.5 Å². The Kier molecular flexibility index (Phi) is 4.84. The highest BCUT2D eigenvalue weighted by atomic mass is 16.4. The van der Waals surface area contributed by atoms with E-state index in [0.29, 0.717) is 11.0 Å². The van der Waals surface area contributed by atoms with Crippen LogP contribution in [0.4, 0.5) is 5.69 Å². The molecule has 2 aromatic rings. The fourth-order valence-electron chi connectivity index (χ4n) is 2.27. The normalized spacial score (nSPS) is 10.2. The van der Waals surface area contributed by atoms with E-state index < -0.39 is 11.5 Å². The van der Waals surface area contributed by atoms with Crippen LogP contribution in [0.15, 0.2) is 33.5 Å². The average molecular weight is 300 g/mol. The van der Waals surface area contributed by atoms with Crippen molar-refractivity contribution in [3.63, 3.8) is 0 Å². The van der Waals surface area contributed by atoms with Crippen LogP contribution in [0.1, 0.15) is 25.6 Å². The molecule has 1 amide bonds. The first-order valence-corrected chi connectivity index (χ1v) is 7.15. The molecule has 116 valence electrons. The Hall–Kier alpha value is -2.74. The molecule has 0 aliphatic carbocycles. The molecule has 1 N–H and O–H groups in total. The van der Waals surface area contributed by atoms with Crippen LogP contribution in [0.2, 0.25) is 0 Å². The third-order valence-electron chi connectivity index (χ3n) is 3.44. The number of amides is 1. The maximum Gasteiger partial charge on any atom is 0.349 e. The molecule has 1 aromatic heterocycles. The molecule has 0 atom stereocenters. The first-order valence-electron chi connectivity index (χ1n) is 7.15. The molecule has 0 saturated heterocycles. The van der Waals surface area contributed by atoms with Crippen LogP contribution in [0.25, 0.3) is 11.0 Å². The third kappa shape index (κ3) is 3.12. The van der Waals surface area contributed by atoms with E-state index in [1.807, 2.05) is 18.2 Å². The maximum absolute atomic E-state index is 12.0. The molecule has 0 bridgehead atoms. The van der Waals surface area contributed by atoms with Crippen molar-refractivity contribution >= 4 is 22.6 Å². The number of hydrogen-bond donors (Lipinski definition) is 1. The van der Waals surface area contributed by atoms with Gasteiger partial charge in [-0.15, -0.1) is 6.42 Å². The van der Waals surface area contributed by atoms with E-state index >= 15 is 0 Å². The van der Waals surface area contributed by atoms with Crippen LogP contribution < -0.4 is 15.8 Å². The molecular formula is C17H20N2O3. The van der Waals surface area contributed by atoms with Crippen molar-refractivity contribution in [1.29, 1.82) is 0 Å². The quantitative estimate of drug-likeness (QED) is 0.679. The summed E-state index contributed by atoms with van der Waals surface area (Å²) >= 11 is 0. The minimum Gasteiger partial charge on any atom is -0.422 e. The Bertz CT molecular complexity index is 789. The number of terminal acetylenes is 1. The van der Waals surface area contributed by atoms with E-state index in [-0.39, 0.29) is 13.5 Å². The first kappa shape index (κ1) is 15.6. The van der Waals surface area contributed by atoms with E-state index in [4.69, 9.17) is 10.8 Å². The summed E-state index contributed by atoms with van der Waals surface area (Å²) in [5.74, 6) is 1.76. The number of rotatable bonds is 5. The van der Waals surface area contributed by atoms with Crippen molar-refractivity contribution < 1.29 is 10.6 Å². The highest BCUT2D eigenvalue weighted by molar-refractivity contribution is 5.97. The molecule has 1 aromatic carbocycles. The van der Waals surface area contributed by atoms with Crippen molar-refractivity contribution in [2.45, 2.75) is 13.8 Å². The average Bonchev–Trinajstić information content (AvgIpc) is 2.53. The Balaban J connectivity index is 0.00000264. The predicted molar refractivity (Wildman–Crippen MR) is 89.3 cm³/mol. The van der Waals surface area contributed by atoms with Gasteiger partial charge in [-0.05, 0) is 32.0 Å². The Labute approximate surface area is 130 Å². The van der Waals surface area contributed by atoms with Crippen LogP contribution >= 0.6 is 0 Å². The molecule has 0 saturated carbocycles. The SMILES string of the molecule is C#CCNC(=O)c1cc2ccc(N(CC)CC)cc2oc1=O.[HH]. The smallest absolute Gasteiger partial charge is 0.349 e. The van der Waals surface area contributed by atoms with Gasteiger partial charge in [0.2, 0.25) is 0 Å². The fourth-order valence-corrected chi connectivity index (χ4v) is 2.27. The van der Waals surface area contributed by atoms with E-state index in [1.165, 1.54) is 6.07 Å². The Morgan fingerprint density at radius 3 is 2.73 bits per heavy atom. The molecule has 0 aliphatic heterocycles. The number of fused-ring (bicyclic) bond motifs is 1. The summed E-state index contributed by atoms with van der Waals surface area (Å²) in [4.78, 5) is 26.0. The van der Waals surface area contributed by atoms with E-state index in [0.717, 1.165) is 18.8 Å². The minimum absolute atomic E-state index is 0. The van der Waals surface area contributed by atoms with Gasteiger partial charge >= 0.3 is 5.63 Å². The minimum atomic E-state index is -0.668. The molecular weight excluding hydrogens is 280 g/mol. The van der Waals surface area contributed by atoms with Gasteiger partial charge in [-0.3, -0.25) is 4.79 Å². The van der Waals surface area contributed by atoms with Crippen LogP contribution in [0.5, 0.6) is 0 Å². The lowest BCUT2D eigenvalue weighted by Gasteiger charge is -2.20. The zero-order valence-corrected chi connectivity index (χ0v) is 12.7. The molecule has 5 heteroatoms. The lowest BCUT2D eigenvalue weighted by Crippen LogP contribution is -2.28. The van der Waals surface area contributed by atoms with Gasteiger partial charge in [0.1, 0.15) is 11.1 Å². The number of benzene rings is 1. The van der Waals surface area contributed by atoms with Gasteiger partial charge in [-0.2, -0.15) is 0 Å². The summed E-state index contributed by atoms with van der Waals surface area (Å²) in [7, 11) is 0. The second-order valence-corrected chi connectivity index (χ2v) is 4.73. The van der Waals surface area contributed by atoms with Crippen molar-refractivity contribution in [2.75, 3.05) is 24.5 Å². The van der Waals surface area contributed by atoms with Crippen molar-refractivity contribution in [1.82, 2.24) is 5.32 Å². The summed E-state index contributed by atoms with van der Waals surface area (Å²) < 4.78 is 5.28. The van der Waals surface area contributed by atoms with Gasteiger partial charge in [-0.25, -0.2) is 4.79 Å². The highest BCUT2D eigenvalue weighted by Gasteiger charge is 2.13. The standard InChI is InChI=1S/C17H18N2O3.H2/c1-4-9-18-16(20)14-10-12-7-8-13(19(5-2)6-3)11-15(12)22-17(14)21;/h1,7-8,10-11H,5-6,9H2,2-3H3,(H,18,20);1H. The Morgan fingerprint density at radius 1 is 1.36 bits per heavy atom. The number of nitrogens with one attached hydrogen (secondary N) is 1. The van der Waals surface area contributed by atoms with Crippen molar-refractivity contribution in [2.24, 2.45) is 0 Å². The molecule has 0 aliphatic rings. The van der Waals surface area contributed by atoms with E-state index in [1.54, 1.807) is 0 Å². The van der Waals surface area contributed by atoms with Crippen LogP contribution in [-0.2, 0) is 0 Å². The lowest BCUT2D eigenvalue weighted by molar-refractivity contribution is 0.0955. The van der Waals surface area contributed by atoms with Gasteiger partial charge in [0, 0.05) is 31.7 Å². The van der Waals surface area contributed by atoms with Gasteiger partial charge in [0.15, 0.2) is 0 Å². The monoisotopic (exact) mass is 300 g/mol. The summed E-state index contributed by atoms with van der Waals surface area (Å²) in [5, 5.41) is 3.15. The van der Waals surface area contributed by atoms with Crippen LogP contribution in [0, 0.1) is 12.3 Å². The molecule has 2 rings (SSSR count). The summed E-state index contributed by atoms with van der Waals surface area (Å²) in [6, 6.07) is 7.12. The predicted octanol–water partition coefficient (Wildman–Crippen LogP) is 2.25. The first-order chi connectivity index (χ1) is 10.6. The number of carbonyl (C=O) groups is 1. The largest absolute Gasteiger partial charge is 0.422 e. The molecule has 5 nitrogen and oxygen atoms in total. The molecule has 0 unspecified atom stereocenters.